The molecular formula is C9H4F9NO3S. The van der Waals surface area contributed by atoms with Crippen molar-refractivity contribution in [1.82, 2.24) is 0 Å². The summed E-state index contributed by atoms with van der Waals surface area (Å²) >= 11 is 0. The average molecular weight is 377 g/mol. The molecule has 1 N–H and O–H groups in total. The summed E-state index contributed by atoms with van der Waals surface area (Å²) < 4.78 is 130. The first-order valence-electron chi connectivity index (χ1n) is 5.13. The quantitative estimate of drug-likeness (QED) is 0.637. The second-order valence-corrected chi connectivity index (χ2v) is 5.87. The number of hydrogen-bond acceptors (Lipinski definition) is 3. The lowest BCUT2D eigenvalue weighted by Gasteiger charge is -2.23. The van der Waals surface area contributed by atoms with E-state index in [2.05, 4.69) is 0 Å². The molecular weight excluding hydrogens is 373 g/mol. The predicted octanol–water partition coefficient (Wildman–Crippen LogP) is 2.59. The molecule has 0 spiro atoms. The Kier molecular flexibility index (Phi) is 4.68. The molecule has 1 aromatic carbocycles. The minimum absolute atomic E-state index is 0.402. The zero-order chi connectivity index (χ0) is 18.4. The van der Waals surface area contributed by atoms with E-state index in [1.807, 2.05) is 0 Å². The molecule has 0 saturated heterocycles. The van der Waals surface area contributed by atoms with Crippen molar-refractivity contribution in [2.75, 3.05) is 0 Å². The zero-order valence-corrected chi connectivity index (χ0v) is 11.1. The summed E-state index contributed by atoms with van der Waals surface area (Å²) in [5, 5.41) is 11.2. The number of rotatable bonds is 2. The zero-order valence-electron chi connectivity index (χ0n) is 10.3. The molecule has 14 heteroatoms. The molecule has 0 amide bonds. The summed E-state index contributed by atoms with van der Waals surface area (Å²) in [5.41, 5.74) is -12.3. The summed E-state index contributed by atoms with van der Waals surface area (Å²) in [6.07, 6.45) is -10.9. The van der Waals surface area contributed by atoms with Crippen molar-refractivity contribution in [3.05, 3.63) is 34.5 Å². The van der Waals surface area contributed by atoms with Gasteiger partial charge in [0, 0.05) is 12.1 Å². The van der Waals surface area contributed by atoms with Gasteiger partial charge in [-0.1, -0.05) is 0 Å². The topological polar surface area (TPSA) is 61.6 Å². The van der Waals surface area contributed by atoms with Crippen LogP contribution >= 0.6 is 0 Å². The van der Waals surface area contributed by atoms with E-state index in [0.717, 1.165) is 0 Å². The Morgan fingerprint density at radius 1 is 0.783 bits per heavy atom. The van der Waals surface area contributed by atoms with Gasteiger partial charge in [0.1, 0.15) is 5.69 Å². The highest BCUT2D eigenvalue weighted by Crippen LogP contribution is 2.37. The fourth-order valence-corrected chi connectivity index (χ4v) is 1.97. The van der Waals surface area contributed by atoms with Crippen molar-refractivity contribution in [2.24, 2.45) is 0 Å². The van der Waals surface area contributed by atoms with Crippen molar-refractivity contribution in [2.45, 2.75) is 17.9 Å². The first-order valence-corrected chi connectivity index (χ1v) is 6.61. The van der Waals surface area contributed by atoms with Gasteiger partial charge in [-0.05, 0) is 6.07 Å². The van der Waals surface area contributed by atoms with E-state index < -0.39 is 67.4 Å². The Morgan fingerprint density at radius 2 is 1.13 bits per heavy atom. The summed E-state index contributed by atoms with van der Waals surface area (Å²) in [4.78, 5) is 0. The molecule has 0 aromatic heterocycles. The monoisotopic (exact) mass is 377 g/mol. The number of hydrogen-bond donors (Lipinski definition) is 1. The smallest absolute Gasteiger partial charge is 0.550 e. The minimum Gasteiger partial charge on any atom is -0.612 e. The normalized spacial score (nSPS) is 15.6. The number of sulfonamides is 1. The molecule has 0 fully saturated rings. The lowest BCUT2D eigenvalue weighted by Crippen LogP contribution is -3.06. The van der Waals surface area contributed by atoms with Crippen LogP contribution in [0.5, 0.6) is 0 Å². The largest absolute Gasteiger partial charge is 0.612 e. The van der Waals surface area contributed by atoms with Crippen LogP contribution in [0.3, 0.4) is 0 Å². The molecule has 0 aliphatic carbocycles. The molecule has 0 heterocycles. The van der Waals surface area contributed by atoms with E-state index >= 15 is 0 Å². The third-order valence-corrected chi connectivity index (χ3v) is 3.71. The third-order valence-electron chi connectivity index (χ3n) is 2.37. The minimum atomic E-state index is -6.63. The Labute approximate surface area is 121 Å². The molecule has 0 saturated carbocycles. The molecule has 1 rings (SSSR count). The molecule has 0 aliphatic heterocycles. The van der Waals surface area contributed by atoms with Crippen molar-refractivity contribution in [3.8, 4) is 0 Å². The van der Waals surface area contributed by atoms with Crippen LogP contribution in [-0.4, -0.2) is 13.9 Å². The SMILES string of the molecule is O=S(=O)([NH+]([O-])c1cc(C(F)(F)F)cc(C(F)(F)F)c1)C(F)(F)F. The maximum Gasteiger partial charge on any atom is 0.550 e. The third kappa shape index (κ3) is 4.06. The number of halogens is 9. The van der Waals surface area contributed by atoms with Crippen molar-refractivity contribution < 1.29 is 52.4 Å². The second-order valence-electron chi connectivity index (χ2n) is 4.03. The molecule has 132 valence electrons. The highest BCUT2D eigenvalue weighted by Gasteiger charge is 2.52. The van der Waals surface area contributed by atoms with Gasteiger partial charge < -0.3 is 5.21 Å². The van der Waals surface area contributed by atoms with E-state index in [1.165, 1.54) is 0 Å². The molecule has 4 nitrogen and oxygen atoms in total. The van der Waals surface area contributed by atoms with Crippen LogP contribution in [0.15, 0.2) is 18.2 Å². The number of benzene rings is 1. The van der Waals surface area contributed by atoms with Gasteiger partial charge in [0.05, 0.1) is 11.1 Å². The van der Waals surface area contributed by atoms with Gasteiger partial charge >= 0.3 is 27.9 Å². The van der Waals surface area contributed by atoms with Gasteiger partial charge in [-0.25, -0.2) is 4.47 Å². The summed E-state index contributed by atoms with van der Waals surface area (Å²) in [7, 11) is -6.63. The Hall–Kier alpha value is -1.54. The Morgan fingerprint density at radius 3 is 1.39 bits per heavy atom. The number of nitrogens with one attached hydrogen (secondary N) is 1. The van der Waals surface area contributed by atoms with E-state index in [-0.39, 0.29) is 0 Å². The summed E-state index contributed by atoms with van der Waals surface area (Å²) in [6, 6.07) is -1.27. The molecule has 0 bridgehead atoms. The van der Waals surface area contributed by atoms with Gasteiger partial charge in [-0.3, -0.25) is 0 Å². The highest BCUT2D eigenvalue weighted by molar-refractivity contribution is 7.86. The van der Waals surface area contributed by atoms with Crippen molar-refractivity contribution in [1.29, 1.82) is 0 Å². The fraction of sp³-hybridized carbons (Fsp3) is 0.333. The molecule has 0 radical (unpaired) electrons. The first kappa shape index (κ1) is 19.5. The van der Waals surface area contributed by atoms with Crippen molar-refractivity contribution in [3.63, 3.8) is 0 Å². The second kappa shape index (κ2) is 5.52. The highest BCUT2D eigenvalue weighted by atomic mass is 32.2. The van der Waals surface area contributed by atoms with Gasteiger partial charge in [0.25, 0.3) is 0 Å². The van der Waals surface area contributed by atoms with Crippen molar-refractivity contribution >= 4 is 15.7 Å². The Balaban J connectivity index is 3.60. The van der Waals surface area contributed by atoms with Crippen LogP contribution in [0.2, 0.25) is 0 Å². The van der Waals surface area contributed by atoms with Gasteiger partial charge in [0.15, 0.2) is 0 Å². The van der Waals surface area contributed by atoms with Crippen LogP contribution in [0, 0.1) is 5.21 Å². The molecule has 1 unspecified atom stereocenters. The summed E-state index contributed by atoms with van der Waals surface area (Å²) in [6.45, 7) is 0. The maximum atomic E-state index is 12.5. The lowest BCUT2D eigenvalue weighted by atomic mass is 10.1. The van der Waals surface area contributed by atoms with Gasteiger partial charge in [0.2, 0.25) is 0 Å². The standard InChI is InChI=1S/C9H4F9NO3S/c10-7(11,12)4-1-5(8(13,14)15)3-6(2-4)19(20)23(21,22)9(16,17)18/h1-3,19H. The van der Waals surface area contributed by atoms with Crippen LogP contribution in [0.1, 0.15) is 11.1 Å². The van der Waals surface area contributed by atoms with Crippen LogP contribution in [0.25, 0.3) is 0 Å². The average Bonchev–Trinajstić information content (AvgIpc) is 2.33. The summed E-state index contributed by atoms with van der Waals surface area (Å²) in [5.74, 6) is 0. The molecule has 23 heavy (non-hydrogen) atoms. The molecule has 1 aromatic rings. The maximum absolute atomic E-state index is 12.5. The van der Waals surface area contributed by atoms with Crippen LogP contribution in [0.4, 0.5) is 45.2 Å². The molecule has 0 aliphatic rings. The van der Waals surface area contributed by atoms with E-state index in [0.29, 0.717) is 0 Å². The Bertz CT molecular complexity index is 657. The van der Waals surface area contributed by atoms with Crippen LogP contribution in [-0.2, 0) is 22.4 Å². The first-order chi connectivity index (χ1) is 9.98. The number of quaternary nitrogens is 1. The number of alkyl halides is 9. The fourth-order valence-electron chi connectivity index (χ4n) is 1.33. The molecule has 1 atom stereocenters. The van der Waals surface area contributed by atoms with E-state index in [1.54, 1.807) is 0 Å². The lowest BCUT2D eigenvalue weighted by molar-refractivity contribution is -0.630. The van der Waals surface area contributed by atoms with E-state index in [4.69, 9.17) is 0 Å². The van der Waals surface area contributed by atoms with Crippen LogP contribution < -0.4 is 4.47 Å². The predicted molar refractivity (Wildman–Crippen MR) is 55.4 cm³/mol. The van der Waals surface area contributed by atoms with Gasteiger partial charge in [-0.2, -0.15) is 47.9 Å². The van der Waals surface area contributed by atoms with E-state index in [9.17, 15) is 53.1 Å². The van der Waals surface area contributed by atoms with Gasteiger partial charge in [-0.15, -0.1) is 0 Å².